The van der Waals surface area contributed by atoms with Crippen LogP contribution in [0.1, 0.15) is 5.56 Å². The smallest absolute Gasteiger partial charge is 0.164 e. The molecule has 0 fully saturated rings. The molecule has 0 amide bonds. The summed E-state index contributed by atoms with van der Waals surface area (Å²) < 4.78 is 18.0. The summed E-state index contributed by atoms with van der Waals surface area (Å²) in [6.07, 6.45) is 0. The summed E-state index contributed by atoms with van der Waals surface area (Å²) in [5, 5.41) is 20.2. The molecule has 0 aliphatic carbocycles. The molecule has 8 heteroatoms. The van der Waals surface area contributed by atoms with E-state index in [4.69, 9.17) is 23.8 Å². The van der Waals surface area contributed by atoms with Crippen LogP contribution in [0.5, 0.6) is 0 Å². The van der Waals surface area contributed by atoms with E-state index in [9.17, 15) is 5.26 Å². The quantitative estimate of drug-likeness (QED) is 0.165. The molecule has 0 aliphatic rings. The Labute approximate surface area is 410 Å². The second-order valence-corrected chi connectivity index (χ2v) is 18.1. The van der Waals surface area contributed by atoms with Crippen LogP contribution in [-0.4, -0.2) is 24.1 Å². The fraction of sp³-hybridized carbons (Fsp3) is 0. The van der Waals surface area contributed by atoms with Gasteiger partial charge in [0.15, 0.2) is 17.5 Å². The minimum atomic E-state index is 0.422. The first kappa shape index (κ1) is 39.9. The molecule has 0 aliphatic heterocycles. The SMILES string of the molecule is N#Cc1cc(-c2nc(-c3ccccc3)nc(-c3ccccc3)n2)c(-c2ccccc2)c(-n2c3ccccc3c3ccc4oc5ccccc5c4c32)c1-n1c2ccccc2c2ccc3oc4ccccc4c3c21. The predicted molar refractivity (Wildman–Crippen MR) is 290 cm³/mol. The van der Waals surface area contributed by atoms with Gasteiger partial charge in [0.1, 0.15) is 28.4 Å². The van der Waals surface area contributed by atoms with E-state index in [0.717, 1.165) is 115 Å². The number of hydrogen-bond donors (Lipinski definition) is 0. The normalized spacial score (nSPS) is 11.9. The van der Waals surface area contributed by atoms with E-state index in [1.807, 2.05) is 97.1 Å². The Bertz CT molecular complexity index is 4690. The van der Waals surface area contributed by atoms with Crippen LogP contribution in [0.4, 0.5) is 0 Å². The lowest BCUT2D eigenvalue weighted by molar-refractivity contribution is 0.669. The van der Waals surface area contributed by atoms with Gasteiger partial charge in [0.25, 0.3) is 0 Å². The van der Waals surface area contributed by atoms with E-state index in [1.54, 1.807) is 0 Å². The molecule has 5 heterocycles. The molecule has 0 bridgehead atoms. The summed E-state index contributed by atoms with van der Waals surface area (Å²) in [7, 11) is 0. The number of fused-ring (bicyclic) bond motifs is 14. The number of rotatable bonds is 6. The molecular weight excluding hydrogens is 885 g/mol. The first-order chi connectivity index (χ1) is 35.7. The van der Waals surface area contributed by atoms with Gasteiger partial charge >= 0.3 is 0 Å². The van der Waals surface area contributed by atoms with Crippen molar-refractivity contribution < 1.29 is 8.83 Å². The maximum absolute atomic E-state index is 12.1. The van der Waals surface area contributed by atoms with Crippen molar-refractivity contribution in [3.63, 3.8) is 0 Å². The van der Waals surface area contributed by atoms with E-state index < -0.39 is 0 Å². The summed E-state index contributed by atoms with van der Waals surface area (Å²) >= 11 is 0. The highest BCUT2D eigenvalue weighted by atomic mass is 16.3. The van der Waals surface area contributed by atoms with Gasteiger partial charge in [0.05, 0.1) is 49.8 Å². The van der Waals surface area contributed by atoms with Crippen molar-refractivity contribution in [1.29, 1.82) is 5.26 Å². The molecule has 0 atom stereocenters. The second kappa shape index (κ2) is 15.5. The Hall–Kier alpha value is -10.1. The number of furan rings is 2. The van der Waals surface area contributed by atoms with Gasteiger partial charge < -0.3 is 18.0 Å². The Morgan fingerprint density at radius 1 is 0.361 bits per heavy atom. The van der Waals surface area contributed by atoms with E-state index >= 15 is 0 Å². The topological polar surface area (TPSA) is 98.6 Å². The largest absolute Gasteiger partial charge is 0.456 e. The molecule has 15 aromatic rings. The van der Waals surface area contributed by atoms with Crippen molar-refractivity contribution >= 4 is 87.5 Å². The molecule has 5 aromatic heterocycles. The van der Waals surface area contributed by atoms with Gasteiger partial charge in [0, 0.05) is 54.6 Å². The van der Waals surface area contributed by atoms with Crippen LogP contribution in [0.2, 0.25) is 0 Å². The maximum atomic E-state index is 12.1. The number of hydrogen-bond acceptors (Lipinski definition) is 6. The molecule has 10 aromatic carbocycles. The fourth-order valence-corrected chi connectivity index (χ4v) is 11.2. The Morgan fingerprint density at radius 3 is 1.28 bits per heavy atom. The van der Waals surface area contributed by atoms with Gasteiger partial charge in [-0.1, -0.05) is 164 Å². The number of benzene rings is 10. The van der Waals surface area contributed by atoms with E-state index in [2.05, 4.69) is 137 Å². The van der Waals surface area contributed by atoms with Crippen LogP contribution in [0.3, 0.4) is 0 Å². The summed E-state index contributed by atoms with van der Waals surface area (Å²) in [5.74, 6) is 1.46. The highest BCUT2D eigenvalue weighted by molar-refractivity contribution is 6.27. The molecule has 15 rings (SSSR count). The van der Waals surface area contributed by atoms with Gasteiger partial charge in [-0.25, -0.2) is 15.0 Å². The first-order valence-corrected chi connectivity index (χ1v) is 23.9. The molecule has 8 nitrogen and oxygen atoms in total. The molecule has 0 unspecified atom stereocenters. The Balaban J connectivity index is 1.22. The van der Waals surface area contributed by atoms with E-state index in [0.29, 0.717) is 34.3 Å². The highest BCUT2D eigenvalue weighted by Gasteiger charge is 2.31. The standard InChI is InChI=1S/C64H36N6O2/c65-37-41-36-48(64-67-62(39-20-6-2-7-21-39)66-63(68-64)40-22-8-3-9-23-40)55(38-18-4-1-5-19-38)61(70-50-29-15-11-25-43(50)45-33-35-54-57(60(45)70)47-27-13-17-31-52(47)72-54)58(41)69-49-28-14-10-24-42(49)44-32-34-53-56(59(44)69)46-26-12-16-30-51(46)71-53/h1-36H. The zero-order valence-corrected chi connectivity index (χ0v) is 38.3. The number of para-hydroxylation sites is 4. The van der Waals surface area contributed by atoms with Crippen molar-refractivity contribution in [3.8, 4) is 62.7 Å². The average molecular weight is 921 g/mol. The first-order valence-electron chi connectivity index (χ1n) is 23.9. The van der Waals surface area contributed by atoms with E-state index in [1.165, 1.54) is 0 Å². The average Bonchev–Trinajstić information content (AvgIpc) is 4.21. The number of nitrogens with zero attached hydrogens (tertiary/aromatic N) is 6. The van der Waals surface area contributed by atoms with Crippen LogP contribution in [0.25, 0.3) is 144 Å². The van der Waals surface area contributed by atoms with Crippen molar-refractivity contribution in [2.75, 3.05) is 0 Å². The lowest BCUT2D eigenvalue weighted by Gasteiger charge is -2.25. The molecule has 0 saturated carbocycles. The summed E-state index contributed by atoms with van der Waals surface area (Å²) in [4.78, 5) is 15.9. The van der Waals surface area contributed by atoms with Crippen molar-refractivity contribution in [3.05, 3.63) is 224 Å². The molecular formula is C64H36N6O2. The Kier molecular flexibility index (Phi) is 8.55. The number of aromatic nitrogens is 5. The zero-order valence-electron chi connectivity index (χ0n) is 38.3. The number of nitriles is 1. The van der Waals surface area contributed by atoms with Crippen molar-refractivity contribution in [2.24, 2.45) is 0 Å². The third-order valence-electron chi connectivity index (χ3n) is 14.2. The third-order valence-corrected chi connectivity index (χ3v) is 14.2. The van der Waals surface area contributed by atoms with Gasteiger partial charge in [0.2, 0.25) is 0 Å². The minimum Gasteiger partial charge on any atom is -0.456 e. The molecule has 0 spiro atoms. The third kappa shape index (κ3) is 5.76. The van der Waals surface area contributed by atoms with Crippen LogP contribution < -0.4 is 0 Å². The van der Waals surface area contributed by atoms with Crippen LogP contribution in [0, 0.1) is 11.3 Å². The summed E-state index contributed by atoms with van der Waals surface area (Å²) in [6.45, 7) is 0. The molecule has 334 valence electrons. The second-order valence-electron chi connectivity index (χ2n) is 18.1. The lowest BCUT2D eigenvalue weighted by Crippen LogP contribution is -2.11. The molecule has 72 heavy (non-hydrogen) atoms. The molecule has 0 N–H and O–H groups in total. The minimum absolute atomic E-state index is 0.422. The zero-order chi connectivity index (χ0) is 47.4. The Morgan fingerprint density at radius 2 is 0.778 bits per heavy atom. The van der Waals surface area contributed by atoms with Crippen LogP contribution in [-0.2, 0) is 0 Å². The molecule has 0 radical (unpaired) electrons. The van der Waals surface area contributed by atoms with Gasteiger partial charge in [-0.05, 0) is 60.2 Å². The summed E-state index contributed by atoms with van der Waals surface area (Å²) in [5.41, 5.74) is 12.8. The monoisotopic (exact) mass is 920 g/mol. The van der Waals surface area contributed by atoms with E-state index in [-0.39, 0.29) is 0 Å². The van der Waals surface area contributed by atoms with Crippen molar-refractivity contribution in [1.82, 2.24) is 24.1 Å². The van der Waals surface area contributed by atoms with Crippen LogP contribution >= 0.6 is 0 Å². The van der Waals surface area contributed by atoms with Gasteiger partial charge in [-0.2, -0.15) is 5.26 Å². The van der Waals surface area contributed by atoms with Crippen LogP contribution in [0.15, 0.2) is 227 Å². The van der Waals surface area contributed by atoms with Crippen molar-refractivity contribution in [2.45, 2.75) is 0 Å². The molecule has 0 saturated heterocycles. The fourth-order valence-electron chi connectivity index (χ4n) is 11.2. The summed E-state index contributed by atoms with van der Waals surface area (Å²) in [6, 6.07) is 77.2. The highest BCUT2D eigenvalue weighted by Crippen LogP contribution is 2.50. The maximum Gasteiger partial charge on any atom is 0.164 e. The van der Waals surface area contributed by atoms with Gasteiger partial charge in [-0.15, -0.1) is 0 Å². The lowest BCUT2D eigenvalue weighted by atomic mass is 9.92. The van der Waals surface area contributed by atoms with Gasteiger partial charge in [-0.3, -0.25) is 0 Å². The predicted octanol–water partition coefficient (Wildman–Crippen LogP) is 16.4.